The molecule has 1 N–H and O–H groups in total. The van der Waals surface area contributed by atoms with Gasteiger partial charge in [-0.25, -0.2) is 0 Å². The maximum absolute atomic E-state index is 11.4. The number of nitro benzene ring substituents is 1. The first-order chi connectivity index (χ1) is 15.8. The number of aryl methyl sites for hydroxylation is 1. The fourth-order valence-corrected chi connectivity index (χ4v) is 3.65. The summed E-state index contributed by atoms with van der Waals surface area (Å²) in [4.78, 5) is 25.8. The highest BCUT2D eigenvalue weighted by Crippen LogP contribution is 2.37. The second-order valence-corrected chi connectivity index (χ2v) is 8.00. The van der Waals surface area contributed by atoms with Crippen molar-refractivity contribution in [3.05, 3.63) is 76.1 Å². The summed E-state index contributed by atoms with van der Waals surface area (Å²) in [6.07, 6.45) is 6.76. The number of rotatable bonds is 10. The van der Waals surface area contributed by atoms with Crippen molar-refractivity contribution in [1.82, 2.24) is 4.98 Å². The van der Waals surface area contributed by atoms with Crippen molar-refractivity contribution in [2.24, 2.45) is 5.92 Å². The smallest absolute Gasteiger partial charge is 0.311 e. The molecule has 1 aromatic heterocycles. The molecule has 33 heavy (non-hydrogen) atoms. The Kier molecular flexibility index (Phi) is 8.51. The van der Waals surface area contributed by atoms with E-state index in [0.29, 0.717) is 19.4 Å². The van der Waals surface area contributed by atoms with Crippen LogP contribution in [0.4, 0.5) is 5.69 Å². The van der Waals surface area contributed by atoms with E-state index in [2.05, 4.69) is 4.98 Å². The van der Waals surface area contributed by atoms with Gasteiger partial charge in [0, 0.05) is 30.8 Å². The van der Waals surface area contributed by atoms with Crippen molar-refractivity contribution in [3.8, 4) is 5.75 Å². The summed E-state index contributed by atoms with van der Waals surface area (Å²) in [5.74, 6) is -0.679. The summed E-state index contributed by atoms with van der Waals surface area (Å²) < 4.78 is 18.1. The van der Waals surface area contributed by atoms with Gasteiger partial charge in [-0.15, -0.1) is 0 Å². The Morgan fingerprint density at radius 2 is 2.21 bits per heavy atom. The van der Waals surface area contributed by atoms with Crippen molar-refractivity contribution in [1.29, 1.82) is 0 Å². The minimum atomic E-state index is -0.831. The molecular weight excluding hydrogens is 428 g/mol. The second-order valence-electron chi connectivity index (χ2n) is 8.00. The molecule has 1 fully saturated rings. The zero-order chi connectivity index (χ0) is 23.8. The van der Waals surface area contributed by atoms with Crippen molar-refractivity contribution in [2.45, 2.75) is 51.6 Å². The Hall–Kier alpha value is -3.30. The standard InChI is InChI=1S/C24H28N2O7/c1-16-10-11-21(20(13-16)26(29)30)32-17(2)24-31-15-19(7-4-3-5-9-22(27)28)23(33-24)18-8-6-12-25-14-18/h3-4,6,8,10-14,17,19,23-24H,5,7,9,15H2,1-2H3,(H,27,28)/b4-3+. The lowest BCUT2D eigenvalue weighted by atomic mass is 9.93. The fourth-order valence-electron chi connectivity index (χ4n) is 3.65. The van der Waals surface area contributed by atoms with E-state index < -0.39 is 23.3 Å². The molecule has 0 radical (unpaired) electrons. The highest BCUT2D eigenvalue weighted by atomic mass is 16.7. The maximum Gasteiger partial charge on any atom is 0.311 e. The number of hydrogen-bond acceptors (Lipinski definition) is 7. The SMILES string of the molecule is Cc1ccc(OC(C)C2OCC(C/C=C/CCC(=O)O)C(c3cccnc3)O2)c([N+](=O)[O-])c1. The van der Waals surface area contributed by atoms with E-state index in [-0.39, 0.29) is 29.9 Å². The van der Waals surface area contributed by atoms with E-state index >= 15 is 0 Å². The van der Waals surface area contributed by atoms with Gasteiger partial charge in [0.2, 0.25) is 0 Å². The third-order valence-corrected chi connectivity index (χ3v) is 5.33. The monoisotopic (exact) mass is 456 g/mol. The predicted octanol–water partition coefficient (Wildman–Crippen LogP) is 4.61. The molecule has 0 amide bonds. The van der Waals surface area contributed by atoms with Gasteiger partial charge in [0.1, 0.15) is 6.10 Å². The molecule has 9 nitrogen and oxygen atoms in total. The van der Waals surface area contributed by atoms with Gasteiger partial charge in [0.05, 0.1) is 17.6 Å². The number of pyridine rings is 1. The Balaban J connectivity index is 1.70. The fraction of sp³-hybridized carbons (Fsp3) is 0.417. The minimum absolute atomic E-state index is 0.00700. The average molecular weight is 456 g/mol. The highest BCUT2D eigenvalue weighted by molar-refractivity contribution is 5.66. The van der Waals surface area contributed by atoms with E-state index in [9.17, 15) is 14.9 Å². The third-order valence-electron chi connectivity index (χ3n) is 5.33. The molecule has 1 saturated heterocycles. The molecule has 1 aromatic carbocycles. The zero-order valence-corrected chi connectivity index (χ0v) is 18.6. The average Bonchev–Trinajstić information content (AvgIpc) is 2.80. The van der Waals surface area contributed by atoms with Gasteiger partial charge in [0.25, 0.3) is 0 Å². The van der Waals surface area contributed by atoms with Crippen LogP contribution in [-0.2, 0) is 14.3 Å². The number of carboxylic acid groups (broad SMARTS) is 1. The van der Waals surface area contributed by atoms with Gasteiger partial charge in [-0.2, -0.15) is 0 Å². The molecule has 2 aromatic rings. The van der Waals surface area contributed by atoms with E-state index in [1.807, 2.05) is 24.3 Å². The Morgan fingerprint density at radius 3 is 2.91 bits per heavy atom. The first-order valence-electron chi connectivity index (χ1n) is 10.8. The van der Waals surface area contributed by atoms with Crippen LogP contribution in [0.2, 0.25) is 0 Å². The molecule has 0 aliphatic carbocycles. The lowest BCUT2D eigenvalue weighted by Crippen LogP contribution is -2.42. The molecule has 0 saturated carbocycles. The normalized spacial score (nSPS) is 21.6. The van der Waals surface area contributed by atoms with Crippen LogP contribution in [0.3, 0.4) is 0 Å². The molecule has 176 valence electrons. The lowest BCUT2D eigenvalue weighted by molar-refractivity contribution is -0.386. The Morgan fingerprint density at radius 1 is 1.39 bits per heavy atom. The molecule has 9 heteroatoms. The predicted molar refractivity (Wildman–Crippen MR) is 120 cm³/mol. The van der Waals surface area contributed by atoms with Crippen LogP contribution in [0, 0.1) is 23.0 Å². The Bertz CT molecular complexity index is 980. The quantitative estimate of drug-likeness (QED) is 0.313. The second kappa shape index (κ2) is 11.5. The molecule has 0 bridgehead atoms. The number of carboxylic acids is 1. The highest BCUT2D eigenvalue weighted by Gasteiger charge is 2.36. The van der Waals surface area contributed by atoms with Gasteiger partial charge in [0.15, 0.2) is 12.0 Å². The van der Waals surface area contributed by atoms with E-state index in [1.165, 1.54) is 6.07 Å². The topological polar surface area (TPSA) is 121 Å². The number of carbonyl (C=O) groups is 1. The van der Waals surface area contributed by atoms with Gasteiger partial charge >= 0.3 is 11.7 Å². The first kappa shape index (κ1) is 24.3. The lowest BCUT2D eigenvalue weighted by Gasteiger charge is -2.38. The van der Waals surface area contributed by atoms with Crippen LogP contribution in [0.5, 0.6) is 5.75 Å². The van der Waals surface area contributed by atoms with Gasteiger partial charge in [-0.05, 0) is 49.9 Å². The van der Waals surface area contributed by atoms with Crippen molar-refractivity contribution < 1.29 is 29.0 Å². The number of nitro groups is 1. The minimum Gasteiger partial charge on any atom is -0.481 e. The number of benzene rings is 1. The largest absolute Gasteiger partial charge is 0.481 e. The molecule has 4 atom stereocenters. The molecular formula is C24H28N2O7. The summed E-state index contributed by atoms with van der Waals surface area (Å²) in [5, 5.41) is 20.2. The summed E-state index contributed by atoms with van der Waals surface area (Å²) >= 11 is 0. The number of aromatic nitrogens is 1. The molecule has 3 rings (SSSR count). The molecule has 0 spiro atoms. The maximum atomic E-state index is 11.4. The summed E-state index contributed by atoms with van der Waals surface area (Å²) in [5.41, 5.74) is 1.55. The van der Waals surface area contributed by atoms with E-state index in [1.54, 1.807) is 38.4 Å². The van der Waals surface area contributed by atoms with Gasteiger partial charge < -0.3 is 19.3 Å². The number of ether oxygens (including phenoxy) is 3. The van der Waals surface area contributed by atoms with Gasteiger partial charge in [-0.3, -0.25) is 19.9 Å². The van der Waals surface area contributed by atoms with Crippen LogP contribution in [0.1, 0.15) is 43.4 Å². The first-order valence-corrected chi connectivity index (χ1v) is 10.8. The van der Waals surface area contributed by atoms with Crippen LogP contribution in [0.15, 0.2) is 54.9 Å². The van der Waals surface area contributed by atoms with E-state index in [4.69, 9.17) is 19.3 Å². The van der Waals surface area contributed by atoms with Crippen molar-refractivity contribution >= 4 is 11.7 Å². The molecule has 2 heterocycles. The van der Waals surface area contributed by atoms with Crippen molar-refractivity contribution in [3.63, 3.8) is 0 Å². The summed E-state index contributed by atoms with van der Waals surface area (Å²) in [6, 6.07) is 8.56. The molecule has 4 unspecified atom stereocenters. The van der Waals surface area contributed by atoms with Crippen LogP contribution in [0.25, 0.3) is 0 Å². The molecule has 1 aliphatic heterocycles. The van der Waals surface area contributed by atoms with Gasteiger partial charge in [-0.1, -0.05) is 24.3 Å². The number of allylic oxidation sites excluding steroid dienone is 2. The van der Waals surface area contributed by atoms with Crippen LogP contribution < -0.4 is 4.74 Å². The summed E-state index contributed by atoms with van der Waals surface area (Å²) in [6.45, 7) is 3.92. The number of aliphatic carboxylic acids is 1. The number of hydrogen-bond donors (Lipinski definition) is 1. The summed E-state index contributed by atoms with van der Waals surface area (Å²) in [7, 11) is 0. The van der Waals surface area contributed by atoms with Crippen LogP contribution in [-0.4, -0.2) is 40.0 Å². The van der Waals surface area contributed by atoms with Crippen LogP contribution >= 0.6 is 0 Å². The Labute approximate surface area is 192 Å². The van der Waals surface area contributed by atoms with Crippen molar-refractivity contribution in [2.75, 3.05) is 6.61 Å². The third kappa shape index (κ3) is 6.84. The van der Waals surface area contributed by atoms with E-state index in [0.717, 1.165) is 11.1 Å². The zero-order valence-electron chi connectivity index (χ0n) is 18.6. The number of nitrogens with zero attached hydrogens (tertiary/aromatic N) is 2. The molecule has 1 aliphatic rings.